The van der Waals surface area contributed by atoms with Crippen LogP contribution in [0.1, 0.15) is 78.1 Å². The number of anilines is 2. The predicted molar refractivity (Wildman–Crippen MR) is 230 cm³/mol. The average molecular weight is 873 g/mol. The van der Waals surface area contributed by atoms with E-state index in [9.17, 15) is 18.4 Å². The van der Waals surface area contributed by atoms with Gasteiger partial charge in [0.1, 0.15) is 11.3 Å². The third-order valence-corrected chi connectivity index (χ3v) is 12.1. The number of rotatable bonds is 8. The number of hydrogen-bond donors (Lipinski definition) is 5. The summed E-state index contributed by atoms with van der Waals surface area (Å²) < 4.78 is 29.0. The highest BCUT2D eigenvalue weighted by molar-refractivity contribution is 6.31. The number of nitrogens with zero attached hydrogens (tertiary/aromatic N) is 8. The van der Waals surface area contributed by atoms with Crippen molar-refractivity contribution in [2.75, 3.05) is 23.7 Å². The third-order valence-electron chi connectivity index (χ3n) is 11.7. The summed E-state index contributed by atoms with van der Waals surface area (Å²) in [5.41, 5.74) is 1.87. The first-order valence-corrected chi connectivity index (χ1v) is 21.1. The third kappa shape index (κ3) is 9.59. The molecule has 15 nitrogen and oxygen atoms in total. The molecule has 2 amide bonds. The summed E-state index contributed by atoms with van der Waals surface area (Å²) in [7, 11) is 0. The van der Waals surface area contributed by atoms with Crippen LogP contribution in [0.4, 0.5) is 25.2 Å². The summed E-state index contributed by atoms with van der Waals surface area (Å²) in [5, 5.41) is 12.2. The quantitative estimate of drug-likeness (QED) is 0.0728. The molecule has 0 bridgehead atoms. The number of fused-ring (bicyclic) bond motifs is 2. The van der Waals surface area contributed by atoms with Gasteiger partial charge in [-0.1, -0.05) is 23.2 Å². The molecule has 19 heteroatoms. The predicted octanol–water partition coefficient (Wildman–Crippen LogP) is 8.99. The fraction of sp³-hybridized carbons (Fsp3) is 0.429. The number of halogens is 4. The number of isocyanates is 1. The Bertz CT molecular complexity index is 2610. The smallest absolute Gasteiger partial charge is 0.317 e. The lowest BCUT2D eigenvalue weighted by molar-refractivity contribution is 0.179. The van der Waals surface area contributed by atoms with Gasteiger partial charge in [-0.15, -0.1) is 0 Å². The van der Waals surface area contributed by atoms with Gasteiger partial charge in [-0.2, -0.15) is 4.99 Å². The second kappa shape index (κ2) is 17.7. The van der Waals surface area contributed by atoms with Crippen molar-refractivity contribution in [1.29, 1.82) is 0 Å². The first-order chi connectivity index (χ1) is 29.4. The molecule has 2 saturated carbocycles. The van der Waals surface area contributed by atoms with Gasteiger partial charge in [-0.25, -0.2) is 48.3 Å². The number of likely N-dealkylation sites (tertiary alicyclic amines) is 1. The molecule has 6 aromatic rings. The number of urea groups is 1. The summed E-state index contributed by atoms with van der Waals surface area (Å²) in [6, 6.07) is 3.48. The lowest BCUT2D eigenvalue weighted by atomic mass is 9.80. The lowest BCUT2D eigenvalue weighted by Gasteiger charge is -2.40. The molecule has 318 valence electrons. The molecule has 7 heterocycles. The van der Waals surface area contributed by atoms with Crippen LogP contribution in [-0.4, -0.2) is 93.1 Å². The van der Waals surface area contributed by atoms with Gasteiger partial charge in [0, 0.05) is 77.4 Å². The topological polar surface area (TPSA) is 195 Å². The molecule has 4 atom stereocenters. The van der Waals surface area contributed by atoms with Crippen molar-refractivity contribution in [3.8, 4) is 22.8 Å². The normalized spacial score (nSPS) is 22.6. The molecule has 3 fully saturated rings. The van der Waals surface area contributed by atoms with Crippen molar-refractivity contribution in [3.63, 3.8) is 0 Å². The first kappa shape index (κ1) is 41.9. The van der Waals surface area contributed by atoms with Crippen LogP contribution in [0, 0.1) is 11.6 Å². The van der Waals surface area contributed by atoms with Crippen LogP contribution in [0.5, 0.6) is 0 Å². The van der Waals surface area contributed by atoms with Crippen LogP contribution in [0.15, 0.2) is 54.3 Å². The Morgan fingerprint density at radius 1 is 0.787 bits per heavy atom. The van der Waals surface area contributed by atoms with Gasteiger partial charge in [0.25, 0.3) is 0 Å². The standard InChI is InChI=1S/C23H27ClFN7O.C19H18ClFN6O/c1-23(31-22(33)32-7-2-3-8-32)6-4-5-15(10-23)29-21-18(25)13-28-20(30-21)17-12-27-19-16(17)9-14(24)11-26-19;1-19(25-10-28)4-2-3-12(6-19)26-18-15(21)9-24-17(27-18)14-8-23-16-13(14)5-11(20)7-22-16/h9,11-13,15H,2-8,10H2,1H3,(H,26,27)(H,31,33)(H,28,29,30);5,7-9,12H,2-4,6H2,1H3,(H,22,23)(H,24,26,27)/t15?,23-;12?,19-/m11/s1. The monoisotopic (exact) mass is 871 g/mol. The summed E-state index contributed by atoms with van der Waals surface area (Å²) >= 11 is 12.1. The van der Waals surface area contributed by atoms with Gasteiger partial charge < -0.3 is 30.8 Å². The van der Waals surface area contributed by atoms with Crippen molar-refractivity contribution in [1.82, 2.24) is 50.1 Å². The number of aromatic amines is 2. The van der Waals surface area contributed by atoms with Gasteiger partial charge >= 0.3 is 6.03 Å². The van der Waals surface area contributed by atoms with Crippen LogP contribution in [0.25, 0.3) is 44.8 Å². The van der Waals surface area contributed by atoms with Crippen molar-refractivity contribution < 1.29 is 18.4 Å². The summed E-state index contributed by atoms with van der Waals surface area (Å²) in [4.78, 5) is 60.9. The Morgan fingerprint density at radius 3 is 1.85 bits per heavy atom. The van der Waals surface area contributed by atoms with Crippen LogP contribution in [0.2, 0.25) is 10.0 Å². The minimum Gasteiger partial charge on any atom is -0.365 e. The SMILES string of the molecule is C[C@@]1(N=C=O)CCCC(Nc2nc(-c3c[nH]c4ncc(Cl)cc34)ncc2F)C1.C[C@@]1(NC(=O)N2CCCC2)CCCC(Nc2nc(-c3c[nH]c4ncc(Cl)cc34)ncc2F)C1. The van der Waals surface area contributed by atoms with Crippen molar-refractivity contribution in [3.05, 3.63) is 71.0 Å². The number of nitrogens with one attached hydrogen (secondary N) is 5. The maximum atomic E-state index is 14.6. The average Bonchev–Trinajstić information content (AvgIpc) is 4.01. The molecule has 6 aromatic heterocycles. The van der Waals surface area contributed by atoms with Crippen LogP contribution < -0.4 is 16.0 Å². The Balaban J connectivity index is 0.000000171. The highest BCUT2D eigenvalue weighted by atomic mass is 35.5. The summed E-state index contributed by atoms with van der Waals surface area (Å²) in [5.74, 6) is -0.0176. The maximum absolute atomic E-state index is 14.6. The van der Waals surface area contributed by atoms with E-state index < -0.39 is 17.2 Å². The number of aliphatic imine (C=N–C) groups is 1. The molecule has 0 spiro atoms. The molecule has 61 heavy (non-hydrogen) atoms. The zero-order chi connectivity index (χ0) is 42.7. The fourth-order valence-electron chi connectivity index (χ4n) is 8.69. The number of amides is 2. The van der Waals surface area contributed by atoms with E-state index in [0.29, 0.717) is 57.0 Å². The Morgan fingerprint density at radius 2 is 1.31 bits per heavy atom. The Kier molecular flexibility index (Phi) is 12.2. The van der Waals surface area contributed by atoms with E-state index in [1.807, 2.05) is 11.8 Å². The maximum Gasteiger partial charge on any atom is 0.317 e. The molecular formula is C42H45Cl2F2N13O2. The van der Waals surface area contributed by atoms with E-state index in [2.05, 4.69) is 67.7 Å². The van der Waals surface area contributed by atoms with Crippen LogP contribution in [-0.2, 0) is 4.79 Å². The van der Waals surface area contributed by atoms with E-state index in [-0.39, 0.29) is 35.3 Å². The van der Waals surface area contributed by atoms with Crippen molar-refractivity contribution in [2.45, 2.75) is 101 Å². The number of carbonyl (C=O) groups is 1. The number of hydrogen-bond acceptors (Lipinski definition) is 11. The zero-order valence-corrected chi connectivity index (χ0v) is 35.2. The van der Waals surface area contributed by atoms with Gasteiger partial charge in [0.05, 0.1) is 28.0 Å². The second-order valence-corrected chi connectivity index (χ2v) is 17.4. The minimum absolute atomic E-state index is 0.00207. The fourth-order valence-corrected chi connectivity index (χ4v) is 9.00. The molecule has 1 saturated heterocycles. The summed E-state index contributed by atoms with van der Waals surface area (Å²) in [6.07, 6.45) is 19.2. The largest absolute Gasteiger partial charge is 0.365 e. The molecule has 2 unspecified atom stereocenters. The zero-order valence-electron chi connectivity index (χ0n) is 33.7. The summed E-state index contributed by atoms with van der Waals surface area (Å²) in [6.45, 7) is 5.61. The van der Waals surface area contributed by atoms with E-state index in [4.69, 9.17) is 23.2 Å². The highest BCUT2D eigenvalue weighted by Crippen LogP contribution is 2.35. The van der Waals surface area contributed by atoms with E-state index >= 15 is 0 Å². The van der Waals surface area contributed by atoms with Gasteiger partial charge in [-0.3, -0.25) is 0 Å². The van der Waals surface area contributed by atoms with E-state index in [1.54, 1.807) is 43.0 Å². The molecular weight excluding hydrogens is 827 g/mol. The van der Waals surface area contributed by atoms with Crippen LogP contribution >= 0.6 is 23.2 Å². The number of H-pyrrole nitrogens is 2. The Hall–Kier alpha value is -5.77. The molecule has 0 radical (unpaired) electrons. The molecule has 0 aromatic carbocycles. The van der Waals surface area contributed by atoms with E-state index in [0.717, 1.165) is 81.4 Å². The van der Waals surface area contributed by atoms with Crippen LogP contribution in [0.3, 0.4) is 0 Å². The van der Waals surface area contributed by atoms with Gasteiger partial charge in [0.15, 0.2) is 34.9 Å². The van der Waals surface area contributed by atoms with Crippen molar-refractivity contribution >= 4 is 69.0 Å². The molecule has 3 aliphatic rings. The number of pyridine rings is 2. The second-order valence-electron chi connectivity index (χ2n) is 16.5. The van der Waals surface area contributed by atoms with Gasteiger partial charge in [0.2, 0.25) is 6.08 Å². The van der Waals surface area contributed by atoms with E-state index in [1.165, 1.54) is 6.20 Å². The number of aromatic nitrogens is 8. The highest BCUT2D eigenvalue weighted by Gasteiger charge is 2.36. The van der Waals surface area contributed by atoms with Crippen molar-refractivity contribution in [2.24, 2.45) is 4.99 Å². The molecule has 5 N–H and O–H groups in total. The first-order valence-electron chi connectivity index (χ1n) is 20.4. The molecule has 1 aliphatic heterocycles. The Labute approximate surface area is 360 Å². The number of carbonyl (C=O) groups excluding carboxylic acids is 2. The molecule has 9 rings (SSSR count). The molecule has 2 aliphatic carbocycles. The lowest BCUT2D eigenvalue weighted by Crippen LogP contribution is -2.54. The minimum atomic E-state index is -0.536. The van der Waals surface area contributed by atoms with Gasteiger partial charge in [-0.05, 0) is 90.2 Å².